The van der Waals surface area contributed by atoms with Crippen LogP contribution in [0.4, 0.5) is 11.4 Å². The van der Waals surface area contributed by atoms with Gasteiger partial charge in [-0.05, 0) is 76.8 Å². The second-order valence-electron chi connectivity index (χ2n) is 10.6. The van der Waals surface area contributed by atoms with Crippen LogP contribution in [-0.2, 0) is 20.9 Å². The zero-order valence-electron chi connectivity index (χ0n) is 25.6. The lowest BCUT2D eigenvalue weighted by molar-refractivity contribution is -0.121. The molecule has 0 aliphatic carbocycles. The van der Waals surface area contributed by atoms with E-state index in [0.29, 0.717) is 41.6 Å². The average Bonchev–Trinajstić information content (AvgIpc) is 3.58. The first-order valence-electron chi connectivity index (χ1n) is 14.3. The molecule has 1 aliphatic heterocycles. The molecule has 1 fully saturated rings. The SMILES string of the molecule is C=C(C)C(=C\C(=CC)C(=O)Nc1cc(NC(=O)CN2CCCC2C)cnc1C)/C=C(\CC)c1cnn(CC(=O)NC)c1. The Morgan fingerprint density at radius 1 is 1.12 bits per heavy atom. The molecule has 2 aromatic heterocycles. The highest BCUT2D eigenvalue weighted by Gasteiger charge is 2.22. The van der Waals surface area contributed by atoms with Gasteiger partial charge in [-0.15, -0.1) is 0 Å². The van der Waals surface area contributed by atoms with Crippen molar-refractivity contribution in [3.05, 3.63) is 77.4 Å². The van der Waals surface area contributed by atoms with E-state index in [4.69, 9.17) is 0 Å². The van der Waals surface area contributed by atoms with E-state index >= 15 is 0 Å². The summed E-state index contributed by atoms with van der Waals surface area (Å²) in [4.78, 5) is 44.3. The van der Waals surface area contributed by atoms with E-state index in [1.165, 1.54) is 0 Å². The zero-order chi connectivity index (χ0) is 30.8. The van der Waals surface area contributed by atoms with Crippen molar-refractivity contribution in [1.29, 1.82) is 0 Å². The molecule has 1 unspecified atom stereocenters. The van der Waals surface area contributed by atoms with Gasteiger partial charge >= 0.3 is 0 Å². The third kappa shape index (κ3) is 8.84. The van der Waals surface area contributed by atoms with E-state index in [2.05, 4.69) is 44.4 Å². The number of pyridine rings is 1. The van der Waals surface area contributed by atoms with Crippen LogP contribution in [0, 0.1) is 6.92 Å². The van der Waals surface area contributed by atoms with Gasteiger partial charge in [0.2, 0.25) is 11.8 Å². The molecule has 224 valence electrons. The summed E-state index contributed by atoms with van der Waals surface area (Å²) in [7, 11) is 1.59. The molecule has 1 saturated heterocycles. The minimum atomic E-state index is -0.305. The van der Waals surface area contributed by atoms with E-state index in [9.17, 15) is 14.4 Å². The molecule has 42 heavy (non-hydrogen) atoms. The van der Waals surface area contributed by atoms with Crippen molar-refractivity contribution in [2.45, 2.75) is 66.5 Å². The lowest BCUT2D eigenvalue weighted by Crippen LogP contribution is -2.35. The Balaban J connectivity index is 1.77. The highest BCUT2D eigenvalue weighted by molar-refractivity contribution is 6.06. The summed E-state index contributed by atoms with van der Waals surface area (Å²) in [6, 6.07) is 2.13. The monoisotopic (exact) mass is 573 g/mol. The van der Waals surface area contributed by atoms with Crippen molar-refractivity contribution in [3.8, 4) is 0 Å². The normalized spacial score (nSPS) is 16.3. The number of nitrogens with zero attached hydrogens (tertiary/aromatic N) is 4. The van der Waals surface area contributed by atoms with Gasteiger partial charge < -0.3 is 16.0 Å². The van der Waals surface area contributed by atoms with Crippen molar-refractivity contribution in [3.63, 3.8) is 0 Å². The second-order valence-corrected chi connectivity index (χ2v) is 10.6. The number of hydrogen-bond acceptors (Lipinski definition) is 6. The van der Waals surface area contributed by atoms with Gasteiger partial charge in [-0.3, -0.25) is 28.9 Å². The zero-order valence-corrected chi connectivity index (χ0v) is 25.6. The van der Waals surface area contributed by atoms with Gasteiger partial charge in [-0.1, -0.05) is 31.2 Å². The lowest BCUT2D eigenvalue weighted by atomic mass is 9.98. The number of aromatic nitrogens is 3. The first-order chi connectivity index (χ1) is 20.0. The van der Waals surface area contributed by atoms with E-state index in [1.54, 1.807) is 56.2 Å². The first kappa shape index (κ1) is 32.2. The Morgan fingerprint density at radius 3 is 2.50 bits per heavy atom. The van der Waals surface area contributed by atoms with Gasteiger partial charge in [0.05, 0.1) is 36.0 Å². The summed E-state index contributed by atoms with van der Waals surface area (Å²) in [6.45, 7) is 15.2. The van der Waals surface area contributed by atoms with Gasteiger partial charge in [-0.25, -0.2) is 0 Å². The Labute approximate surface area is 248 Å². The first-order valence-corrected chi connectivity index (χ1v) is 14.3. The fourth-order valence-corrected chi connectivity index (χ4v) is 4.69. The highest BCUT2D eigenvalue weighted by atomic mass is 16.2. The van der Waals surface area contributed by atoms with Crippen LogP contribution in [0.15, 0.2) is 66.2 Å². The minimum Gasteiger partial charge on any atom is -0.358 e. The van der Waals surface area contributed by atoms with E-state index < -0.39 is 0 Å². The summed E-state index contributed by atoms with van der Waals surface area (Å²) in [5, 5.41) is 12.8. The van der Waals surface area contributed by atoms with Crippen molar-refractivity contribution >= 4 is 34.7 Å². The number of rotatable bonds is 12. The number of nitrogens with one attached hydrogen (secondary N) is 3. The molecule has 10 nitrogen and oxygen atoms in total. The fraction of sp³-hybridized carbons (Fsp3) is 0.406. The largest absolute Gasteiger partial charge is 0.358 e. The number of amides is 3. The third-order valence-corrected chi connectivity index (χ3v) is 7.33. The van der Waals surface area contributed by atoms with Crippen LogP contribution in [0.2, 0.25) is 0 Å². The number of aryl methyl sites for hydroxylation is 1. The Hall–Kier alpha value is -4.31. The van der Waals surface area contributed by atoms with Gasteiger partial charge in [0.1, 0.15) is 6.54 Å². The standard InChI is InChI=1S/C32H43N7O3/c1-8-24(27-16-35-39(18-27)20-30(40)33-7)13-26(21(3)4)14-25(9-2)32(42)37-29-15-28(17-34-23(29)6)36-31(41)19-38-12-10-11-22(38)5/h9,13-18,22H,3,8,10-12,19-20H2,1-2,4-7H3,(H,33,40)(H,36,41)(H,37,42)/b24-13+,25-9?,26-14-. The van der Waals surface area contributed by atoms with Crippen molar-refractivity contribution in [1.82, 2.24) is 25.0 Å². The quantitative estimate of drug-likeness (QED) is 0.251. The molecular weight excluding hydrogens is 530 g/mol. The molecule has 0 bridgehead atoms. The summed E-state index contributed by atoms with van der Waals surface area (Å²) >= 11 is 0. The van der Waals surface area contributed by atoms with E-state index in [0.717, 1.165) is 41.7 Å². The third-order valence-electron chi connectivity index (χ3n) is 7.33. The number of carbonyl (C=O) groups excluding carboxylic acids is 3. The van der Waals surface area contributed by atoms with Gasteiger partial charge in [0.25, 0.3) is 5.91 Å². The molecule has 0 radical (unpaired) electrons. The molecule has 3 heterocycles. The maximum atomic E-state index is 13.4. The molecule has 0 aromatic carbocycles. The fourth-order valence-electron chi connectivity index (χ4n) is 4.69. The predicted octanol–water partition coefficient (Wildman–Crippen LogP) is 4.64. The summed E-state index contributed by atoms with van der Waals surface area (Å²) in [5.41, 5.74) is 5.60. The highest BCUT2D eigenvalue weighted by Crippen LogP contribution is 2.25. The Kier molecular flexibility index (Phi) is 11.6. The molecule has 2 aromatic rings. The molecule has 10 heteroatoms. The number of anilines is 2. The molecular formula is C32H43N7O3. The van der Waals surface area contributed by atoms with E-state index in [-0.39, 0.29) is 24.3 Å². The Bertz CT molecular complexity index is 1420. The van der Waals surface area contributed by atoms with Crippen LogP contribution in [0.3, 0.4) is 0 Å². The summed E-state index contributed by atoms with van der Waals surface area (Å²) < 4.78 is 1.59. The van der Waals surface area contributed by atoms with Gasteiger partial charge in [0, 0.05) is 30.4 Å². The second kappa shape index (κ2) is 15.1. The minimum absolute atomic E-state index is 0.104. The smallest absolute Gasteiger partial charge is 0.255 e. The molecule has 3 amide bonds. The molecule has 3 rings (SSSR count). The van der Waals surface area contributed by atoms with Crippen LogP contribution in [-0.4, -0.2) is 63.6 Å². The van der Waals surface area contributed by atoms with Crippen molar-refractivity contribution < 1.29 is 14.4 Å². The number of hydrogen-bond donors (Lipinski definition) is 3. The number of allylic oxidation sites excluding steroid dienone is 5. The van der Waals surface area contributed by atoms with Gasteiger partial charge in [0.15, 0.2) is 0 Å². The molecule has 3 N–H and O–H groups in total. The molecule has 1 atom stereocenters. The predicted molar refractivity (Wildman–Crippen MR) is 168 cm³/mol. The van der Waals surface area contributed by atoms with Crippen LogP contribution < -0.4 is 16.0 Å². The summed E-state index contributed by atoms with van der Waals surface area (Å²) in [5.74, 6) is -0.541. The number of carbonyl (C=O) groups is 3. The van der Waals surface area contributed by atoms with Crippen molar-refractivity contribution in [2.24, 2.45) is 0 Å². The number of likely N-dealkylation sites (tertiary alicyclic amines) is 1. The van der Waals surface area contributed by atoms with Crippen molar-refractivity contribution in [2.75, 3.05) is 30.8 Å². The topological polar surface area (TPSA) is 121 Å². The lowest BCUT2D eigenvalue weighted by Gasteiger charge is -2.20. The maximum absolute atomic E-state index is 13.4. The van der Waals surface area contributed by atoms with Gasteiger partial charge in [-0.2, -0.15) is 5.10 Å². The Morgan fingerprint density at radius 2 is 1.88 bits per heavy atom. The molecule has 0 saturated carbocycles. The van der Waals surface area contributed by atoms with Crippen LogP contribution in [0.25, 0.3) is 5.57 Å². The maximum Gasteiger partial charge on any atom is 0.255 e. The summed E-state index contributed by atoms with van der Waals surface area (Å²) in [6.07, 6.45) is 13.6. The van der Waals surface area contributed by atoms with Crippen LogP contribution >= 0.6 is 0 Å². The number of likely N-dealkylation sites (N-methyl/N-ethyl adjacent to an activating group) is 1. The van der Waals surface area contributed by atoms with Crippen LogP contribution in [0.1, 0.15) is 58.2 Å². The van der Waals surface area contributed by atoms with Crippen LogP contribution in [0.5, 0.6) is 0 Å². The molecule has 0 spiro atoms. The average molecular weight is 574 g/mol. The van der Waals surface area contributed by atoms with E-state index in [1.807, 2.05) is 26.1 Å². The molecule has 1 aliphatic rings.